The number of nitrogens with one attached hydrogen (secondary N) is 2. The summed E-state index contributed by atoms with van der Waals surface area (Å²) >= 11 is 0. The van der Waals surface area contributed by atoms with Crippen molar-refractivity contribution in [3.8, 4) is 0 Å². The number of rotatable bonds is 2. The van der Waals surface area contributed by atoms with Crippen LogP contribution in [-0.2, 0) is 0 Å². The molecule has 3 aromatic rings. The van der Waals surface area contributed by atoms with Crippen LogP contribution in [-0.4, -0.2) is 15.0 Å². The van der Waals surface area contributed by atoms with Crippen molar-refractivity contribution in [1.29, 1.82) is 0 Å². The van der Waals surface area contributed by atoms with Crippen LogP contribution in [0.4, 0.5) is 11.5 Å². The largest absolute Gasteiger partial charge is 0.344 e. The molecule has 3 rings (SSSR count). The second-order valence-corrected chi connectivity index (χ2v) is 3.45. The SMILES string of the molecule is c1ccc(Nc2nccc3[nH]cnc23)cc1. The van der Waals surface area contributed by atoms with Crippen LogP contribution in [0.1, 0.15) is 0 Å². The van der Waals surface area contributed by atoms with Gasteiger partial charge in [-0.25, -0.2) is 9.97 Å². The minimum absolute atomic E-state index is 0.768. The first-order valence-corrected chi connectivity index (χ1v) is 5.03. The lowest BCUT2D eigenvalue weighted by atomic mass is 10.3. The zero-order chi connectivity index (χ0) is 10.8. The number of imidazole rings is 1. The zero-order valence-electron chi connectivity index (χ0n) is 8.51. The third-order valence-corrected chi connectivity index (χ3v) is 2.37. The summed E-state index contributed by atoms with van der Waals surface area (Å²) in [6, 6.07) is 11.8. The van der Waals surface area contributed by atoms with Gasteiger partial charge in [0.05, 0.1) is 11.8 Å². The molecule has 78 valence electrons. The van der Waals surface area contributed by atoms with Gasteiger partial charge in [-0.1, -0.05) is 18.2 Å². The zero-order valence-corrected chi connectivity index (χ0v) is 8.51. The number of hydrogen-bond donors (Lipinski definition) is 2. The lowest BCUT2D eigenvalue weighted by Gasteiger charge is -2.04. The molecule has 0 aliphatic heterocycles. The van der Waals surface area contributed by atoms with Crippen molar-refractivity contribution >= 4 is 22.5 Å². The van der Waals surface area contributed by atoms with Crippen molar-refractivity contribution in [3.63, 3.8) is 0 Å². The highest BCUT2D eigenvalue weighted by Crippen LogP contribution is 2.20. The smallest absolute Gasteiger partial charge is 0.158 e. The van der Waals surface area contributed by atoms with Crippen LogP contribution < -0.4 is 5.32 Å². The van der Waals surface area contributed by atoms with E-state index in [1.165, 1.54) is 0 Å². The number of benzene rings is 1. The summed E-state index contributed by atoms with van der Waals surface area (Å²) in [5.41, 5.74) is 2.84. The Kier molecular flexibility index (Phi) is 2.04. The Morgan fingerprint density at radius 1 is 1.00 bits per heavy atom. The minimum atomic E-state index is 0.768. The monoisotopic (exact) mass is 210 g/mol. The normalized spacial score (nSPS) is 10.5. The van der Waals surface area contributed by atoms with Crippen molar-refractivity contribution in [3.05, 3.63) is 48.9 Å². The maximum Gasteiger partial charge on any atom is 0.158 e. The number of nitrogens with zero attached hydrogens (tertiary/aromatic N) is 2. The van der Waals surface area contributed by atoms with Crippen molar-refractivity contribution in [2.75, 3.05) is 5.32 Å². The highest BCUT2D eigenvalue weighted by Gasteiger charge is 2.03. The van der Waals surface area contributed by atoms with Gasteiger partial charge < -0.3 is 10.3 Å². The van der Waals surface area contributed by atoms with Crippen LogP contribution in [0.5, 0.6) is 0 Å². The molecule has 0 bridgehead atoms. The van der Waals surface area contributed by atoms with E-state index >= 15 is 0 Å². The number of fused-ring (bicyclic) bond motifs is 1. The van der Waals surface area contributed by atoms with Crippen molar-refractivity contribution in [1.82, 2.24) is 15.0 Å². The molecule has 4 nitrogen and oxygen atoms in total. The lowest BCUT2D eigenvalue weighted by molar-refractivity contribution is 1.31. The van der Waals surface area contributed by atoms with Gasteiger partial charge in [0.2, 0.25) is 0 Å². The maximum absolute atomic E-state index is 4.28. The number of anilines is 2. The van der Waals surface area contributed by atoms with E-state index < -0.39 is 0 Å². The van der Waals surface area contributed by atoms with Crippen LogP contribution in [0.25, 0.3) is 11.0 Å². The van der Waals surface area contributed by atoms with Crippen LogP contribution in [0, 0.1) is 0 Å². The van der Waals surface area contributed by atoms with Crippen LogP contribution in [0.2, 0.25) is 0 Å². The fourth-order valence-corrected chi connectivity index (χ4v) is 1.62. The van der Waals surface area contributed by atoms with Gasteiger partial charge in [-0.15, -0.1) is 0 Å². The molecule has 0 saturated heterocycles. The van der Waals surface area contributed by atoms with E-state index in [-0.39, 0.29) is 0 Å². The third-order valence-electron chi connectivity index (χ3n) is 2.37. The molecule has 1 aromatic carbocycles. The second kappa shape index (κ2) is 3.66. The molecular formula is C12H10N4. The number of aromatic amines is 1. The summed E-state index contributed by atoms with van der Waals surface area (Å²) in [6.07, 6.45) is 3.42. The maximum atomic E-state index is 4.28. The fraction of sp³-hybridized carbons (Fsp3) is 0. The Bertz CT molecular complexity index is 600. The molecule has 0 saturated carbocycles. The van der Waals surface area contributed by atoms with Gasteiger partial charge in [0, 0.05) is 11.9 Å². The number of aromatic nitrogens is 3. The van der Waals surface area contributed by atoms with Gasteiger partial charge in [-0.2, -0.15) is 0 Å². The van der Waals surface area contributed by atoms with Crippen molar-refractivity contribution < 1.29 is 0 Å². The average Bonchev–Trinajstić information content (AvgIpc) is 2.80. The molecule has 4 heteroatoms. The van der Waals surface area contributed by atoms with Gasteiger partial charge in [0.15, 0.2) is 5.82 Å². The van der Waals surface area contributed by atoms with E-state index in [0.717, 1.165) is 22.5 Å². The first kappa shape index (κ1) is 8.91. The quantitative estimate of drug-likeness (QED) is 0.683. The van der Waals surface area contributed by atoms with Gasteiger partial charge in [-0.05, 0) is 18.2 Å². The molecule has 2 heterocycles. The Hall–Kier alpha value is -2.36. The van der Waals surface area contributed by atoms with Gasteiger partial charge in [0.1, 0.15) is 5.52 Å². The van der Waals surface area contributed by atoms with E-state index in [2.05, 4.69) is 20.3 Å². The average molecular weight is 210 g/mol. The minimum Gasteiger partial charge on any atom is -0.344 e. The van der Waals surface area contributed by atoms with E-state index in [1.807, 2.05) is 36.4 Å². The number of pyridine rings is 1. The van der Waals surface area contributed by atoms with E-state index in [0.29, 0.717) is 0 Å². The molecule has 2 aromatic heterocycles. The van der Waals surface area contributed by atoms with Crippen molar-refractivity contribution in [2.45, 2.75) is 0 Å². The summed E-state index contributed by atoms with van der Waals surface area (Å²) in [4.78, 5) is 11.6. The van der Waals surface area contributed by atoms with Gasteiger partial charge in [0.25, 0.3) is 0 Å². The molecule has 16 heavy (non-hydrogen) atoms. The molecular weight excluding hydrogens is 200 g/mol. The van der Waals surface area contributed by atoms with E-state index in [4.69, 9.17) is 0 Å². The van der Waals surface area contributed by atoms with Gasteiger partial charge in [-0.3, -0.25) is 0 Å². The number of para-hydroxylation sites is 1. The highest BCUT2D eigenvalue weighted by molar-refractivity contribution is 5.87. The Balaban J connectivity index is 2.04. The molecule has 0 unspecified atom stereocenters. The van der Waals surface area contributed by atoms with E-state index in [9.17, 15) is 0 Å². The molecule has 0 radical (unpaired) electrons. The summed E-state index contributed by atoms with van der Waals surface area (Å²) in [5.74, 6) is 0.768. The predicted molar refractivity (Wildman–Crippen MR) is 63.6 cm³/mol. The van der Waals surface area contributed by atoms with Gasteiger partial charge >= 0.3 is 0 Å². The molecule has 0 aliphatic rings. The molecule has 0 aliphatic carbocycles. The first-order valence-electron chi connectivity index (χ1n) is 5.03. The molecule has 0 atom stereocenters. The number of hydrogen-bond acceptors (Lipinski definition) is 3. The van der Waals surface area contributed by atoms with Crippen molar-refractivity contribution in [2.24, 2.45) is 0 Å². The summed E-state index contributed by atoms with van der Waals surface area (Å²) in [5, 5.41) is 3.24. The number of H-pyrrole nitrogens is 1. The Labute approximate surface area is 92.4 Å². The standard InChI is InChI=1S/C12H10N4/c1-2-4-9(5-3-1)16-12-11-10(6-7-13-12)14-8-15-11/h1-8H,(H,13,16)(H,14,15). The topological polar surface area (TPSA) is 53.6 Å². The fourth-order valence-electron chi connectivity index (χ4n) is 1.62. The predicted octanol–water partition coefficient (Wildman–Crippen LogP) is 2.70. The Morgan fingerprint density at radius 3 is 2.75 bits per heavy atom. The van der Waals surface area contributed by atoms with Crippen LogP contribution >= 0.6 is 0 Å². The molecule has 0 spiro atoms. The van der Waals surface area contributed by atoms with Crippen LogP contribution in [0.3, 0.4) is 0 Å². The Morgan fingerprint density at radius 2 is 1.88 bits per heavy atom. The third kappa shape index (κ3) is 1.50. The second-order valence-electron chi connectivity index (χ2n) is 3.45. The summed E-state index contributed by atoms with van der Waals surface area (Å²) < 4.78 is 0. The van der Waals surface area contributed by atoms with E-state index in [1.54, 1.807) is 12.5 Å². The molecule has 0 amide bonds. The highest BCUT2D eigenvalue weighted by atomic mass is 15.0. The molecule has 2 N–H and O–H groups in total. The summed E-state index contributed by atoms with van der Waals surface area (Å²) in [6.45, 7) is 0. The first-order chi connectivity index (χ1) is 7.93. The lowest BCUT2D eigenvalue weighted by Crippen LogP contribution is -1.93. The summed E-state index contributed by atoms with van der Waals surface area (Å²) in [7, 11) is 0. The molecule has 0 fully saturated rings. The van der Waals surface area contributed by atoms with Crippen LogP contribution in [0.15, 0.2) is 48.9 Å².